The Morgan fingerprint density at radius 3 is 2.28 bits per heavy atom. The zero-order valence-electron chi connectivity index (χ0n) is 15.0. The van der Waals surface area contributed by atoms with Crippen molar-refractivity contribution in [3.63, 3.8) is 0 Å². The van der Waals surface area contributed by atoms with Gasteiger partial charge in [-0.2, -0.15) is 0 Å². The maximum atomic E-state index is 11.8. The van der Waals surface area contributed by atoms with Crippen LogP contribution < -0.4 is 14.2 Å². The van der Waals surface area contributed by atoms with Crippen LogP contribution in [0.1, 0.15) is 29.5 Å². The lowest BCUT2D eigenvalue weighted by Gasteiger charge is -2.16. The van der Waals surface area contributed by atoms with E-state index in [4.69, 9.17) is 14.2 Å². The maximum Gasteiger partial charge on any atom is 0.311 e. The first-order chi connectivity index (χ1) is 12.0. The van der Waals surface area contributed by atoms with Crippen molar-refractivity contribution in [3.05, 3.63) is 53.1 Å². The number of carboxylic acid groups (broad SMARTS) is 1. The summed E-state index contributed by atoms with van der Waals surface area (Å²) in [6.07, 6.45) is 0.365. The predicted molar refractivity (Wildman–Crippen MR) is 96.0 cm³/mol. The first-order valence-corrected chi connectivity index (χ1v) is 8.17. The van der Waals surface area contributed by atoms with Crippen molar-refractivity contribution in [1.29, 1.82) is 0 Å². The number of methoxy groups -OCH3 is 2. The summed E-state index contributed by atoms with van der Waals surface area (Å²) in [4.78, 5) is 11.8. The molecule has 2 rings (SSSR count). The average molecular weight is 344 g/mol. The van der Waals surface area contributed by atoms with E-state index in [-0.39, 0.29) is 0 Å². The number of carbonyl (C=O) groups is 1. The van der Waals surface area contributed by atoms with E-state index in [9.17, 15) is 9.90 Å². The molecule has 0 fully saturated rings. The summed E-state index contributed by atoms with van der Waals surface area (Å²) < 4.78 is 16.1. The molecular weight excluding hydrogens is 320 g/mol. The summed E-state index contributed by atoms with van der Waals surface area (Å²) in [7, 11) is 3.17. The highest BCUT2D eigenvalue weighted by molar-refractivity contribution is 5.76. The molecule has 134 valence electrons. The molecule has 0 saturated heterocycles. The zero-order chi connectivity index (χ0) is 18.4. The second-order valence-corrected chi connectivity index (χ2v) is 5.74. The molecule has 1 unspecified atom stereocenters. The number of carboxylic acids is 1. The molecule has 0 aliphatic carbocycles. The number of hydrogen-bond donors (Lipinski definition) is 1. The lowest BCUT2D eigenvalue weighted by atomic mass is 9.91. The molecule has 5 nitrogen and oxygen atoms in total. The molecule has 0 bridgehead atoms. The Bertz CT molecular complexity index is 739. The van der Waals surface area contributed by atoms with Gasteiger partial charge in [0, 0.05) is 0 Å². The van der Waals surface area contributed by atoms with Gasteiger partial charge in [-0.15, -0.1) is 0 Å². The van der Waals surface area contributed by atoms with Crippen molar-refractivity contribution in [3.8, 4) is 17.2 Å². The molecule has 25 heavy (non-hydrogen) atoms. The first kappa shape index (κ1) is 18.6. The van der Waals surface area contributed by atoms with Crippen LogP contribution in [0.5, 0.6) is 17.2 Å². The summed E-state index contributed by atoms with van der Waals surface area (Å²) in [6, 6.07) is 11.0. The topological polar surface area (TPSA) is 65.0 Å². The second-order valence-electron chi connectivity index (χ2n) is 5.74. The Labute approximate surface area is 148 Å². The number of benzene rings is 2. The lowest BCUT2D eigenvalue weighted by Crippen LogP contribution is -2.15. The summed E-state index contributed by atoms with van der Waals surface area (Å²) in [5, 5.41) is 9.68. The van der Waals surface area contributed by atoms with Gasteiger partial charge >= 0.3 is 5.97 Å². The third kappa shape index (κ3) is 4.44. The van der Waals surface area contributed by atoms with Gasteiger partial charge in [-0.3, -0.25) is 4.79 Å². The van der Waals surface area contributed by atoms with Crippen LogP contribution >= 0.6 is 0 Å². The molecule has 0 aliphatic rings. The molecule has 0 aromatic heterocycles. The number of hydrogen-bond acceptors (Lipinski definition) is 4. The maximum absolute atomic E-state index is 11.8. The minimum Gasteiger partial charge on any atom is -0.496 e. The van der Waals surface area contributed by atoms with Crippen LogP contribution in [0.25, 0.3) is 0 Å². The molecule has 2 aromatic carbocycles. The second kappa shape index (κ2) is 8.42. The third-order valence-electron chi connectivity index (χ3n) is 4.09. The largest absolute Gasteiger partial charge is 0.496 e. The monoisotopic (exact) mass is 344 g/mol. The summed E-state index contributed by atoms with van der Waals surface area (Å²) >= 11 is 0. The van der Waals surface area contributed by atoms with Crippen molar-refractivity contribution >= 4 is 5.97 Å². The summed E-state index contributed by atoms with van der Waals surface area (Å²) in [6.45, 7) is 4.35. The smallest absolute Gasteiger partial charge is 0.311 e. The number of rotatable bonds is 8. The van der Waals surface area contributed by atoms with E-state index in [2.05, 4.69) is 0 Å². The number of aryl methyl sites for hydroxylation is 1. The van der Waals surface area contributed by atoms with Crippen LogP contribution in [0.2, 0.25) is 0 Å². The van der Waals surface area contributed by atoms with E-state index in [1.165, 1.54) is 0 Å². The number of aliphatic carboxylic acids is 1. The molecule has 0 saturated carbocycles. The minimum atomic E-state index is -0.864. The minimum absolute atomic E-state index is 0.365. The van der Waals surface area contributed by atoms with Crippen LogP contribution in [0.3, 0.4) is 0 Å². The highest BCUT2D eigenvalue weighted by atomic mass is 16.5. The van der Waals surface area contributed by atoms with Crippen LogP contribution in [-0.4, -0.2) is 31.9 Å². The van der Waals surface area contributed by atoms with Gasteiger partial charge in [-0.05, 0) is 55.2 Å². The molecule has 5 heteroatoms. The van der Waals surface area contributed by atoms with Gasteiger partial charge in [0.2, 0.25) is 0 Å². The third-order valence-corrected chi connectivity index (χ3v) is 4.09. The molecule has 0 heterocycles. The van der Waals surface area contributed by atoms with Gasteiger partial charge < -0.3 is 19.3 Å². The quantitative estimate of drug-likeness (QED) is 0.788. The first-order valence-electron chi connectivity index (χ1n) is 8.17. The van der Waals surface area contributed by atoms with Gasteiger partial charge in [-0.25, -0.2) is 0 Å². The van der Waals surface area contributed by atoms with E-state index in [1.807, 2.05) is 38.1 Å². The van der Waals surface area contributed by atoms with Crippen molar-refractivity contribution in [1.82, 2.24) is 0 Å². The Morgan fingerprint density at radius 1 is 1.04 bits per heavy atom. The average Bonchev–Trinajstić information content (AvgIpc) is 2.60. The molecule has 2 aromatic rings. The normalized spacial score (nSPS) is 11.7. The SMILES string of the molecule is CCOc1ccc(CC(C(=O)O)c2ccc(OC)c(C)c2)cc1OC. The summed E-state index contributed by atoms with van der Waals surface area (Å²) in [5.41, 5.74) is 2.54. The zero-order valence-corrected chi connectivity index (χ0v) is 15.0. The van der Waals surface area contributed by atoms with E-state index in [1.54, 1.807) is 26.4 Å². The Balaban J connectivity index is 2.30. The van der Waals surface area contributed by atoms with Crippen LogP contribution in [-0.2, 0) is 11.2 Å². The highest BCUT2D eigenvalue weighted by Gasteiger charge is 2.22. The van der Waals surface area contributed by atoms with Gasteiger partial charge in [0.25, 0.3) is 0 Å². The Morgan fingerprint density at radius 2 is 1.72 bits per heavy atom. The van der Waals surface area contributed by atoms with Crippen molar-refractivity contribution < 1.29 is 24.1 Å². The van der Waals surface area contributed by atoms with Crippen molar-refractivity contribution in [2.75, 3.05) is 20.8 Å². The summed E-state index contributed by atoms with van der Waals surface area (Å²) in [5.74, 6) is 0.496. The fourth-order valence-corrected chi connectivity index (χ4v) is 2.82. The molecule has 0 radical (unpaired) electrons. The van der Waals surface area contributed by atoms with Crippen molar-refractivity contribution in [2.24, 2.45) is 0 Å². The Hall–Kier alpha value is -2.69. The Kier molecular flexibility index (Phi) is 6.28. The highest BCUT2D eigenvalue weighted by Crippen LogP contribution is 2.31. The van der Waals surface area contributed by atoms with E-state index in [0.717, 1.165) is 22.4 Å². The molecular formula is C20H24O5. The van der Waals surface area contributed by atoms with Crippen molar-refractivity contribution in [2.45, 2.75) is 26.2 Å². The predicted octanol–water partition coefficient (Wildman–Crippen LogP) is 3.82. The van der Waals surface area contributed by atoms with Crippen LogP contribution in [0.15, 0.2) is 36.4 Å². The van der Waals surface area contributed by atoms with E-state index < -0.39 is 11.9 Å². The molecule has 0 spiro atoms. The molecule has 0 aliphatic heterocycles. The van der Waals surface area contributed by atoms with Gasteiger partial charge in [0.15, 0.2) is 11.5 Å². The molecule has 0 amide bonds. The molecule has 1 N–H and O–H groups in total. The van der Waals surface area contributed by atoms with Crippen LogP contribution in [0.4, 0.5) is 0 Å². The standard InChI is InChI=1S/C20H24O5/c1-5-25-18-8-6-14(12-19(18)24-4)11-16(20(21)22)15-7-9-17(23-3)13(2)10-15/h6-10,12,16H,5,11H2,1-4H3,(H,21,22). The van der Waals surface area contributed by atoms with Gasteiger partial charge in [-0.1, -0.05) is 18.2 Å². The van der Waals surface area contributed by atoms with E-state index in [0.29, 0.717) is 24.5 Å². The van der Waals surface area contributed by atoms with E-state index >= 15 is 0 Å². The number of ether oxygens (including phenoxy) is 3. The van der Waals surface area contributed by atoms with Gasteiger partial charge in [0.1, 0.15) is 5.75 Å². The van der Waals surface area contributed by atoms with Crippen LogP contribution in [0, 0.1) is 6.92 Å². The fraction of sp³-hybridized carbons (Fsp3) is 0.350. The van der Waals surface area contributed by atoms with Gasteiger partial charge in [0.05, 0.1) is 26.7 Å². The lowest BCUT2D eigenvalue weighted by molar-refractivity contribution is -0.138. The molecule has 1 atom stereocenters. The fourth-order valence-electron chi connectivity index (χ4n) is 2.82.